The lowest BCUT2D eigenvalue weighted by molar-refractivity contribution is 0.190. The van der Waals surface area contributed by atoms with Crippen LogP contribution in [0.1, 0.15) is 26.2 Å². The molecule has 0 heterocycles. The molecule has 1 saturated carbocycles. The molecule has 0 spiro atoms. The number of nitrogens with zero attached hydrogens (tertiary/aromatic N) is 1. The van der Waals surface area contributed by atoms with Crippen LogP contribution < -0.4 is 0 Å². The number of aliphatic hydroxyl groups excluding tert-OH is 1. The highest BCUT2D eigenvalue weighted by atomic mass is 16.3. The van der Waals surface area contributed by atoms with Crippen LogP contribution in [0.15, 0.2) is 17.3 Å². The predicted octanol–water partition coefficient (Wildman–Crippen LogP) is 1.86. The highest BCUT2D eigenvalue weighted by molar-refractivity contribution is 5.19. The van der Waals surface area contributed by atoms with Gasteiger partial charge in [-0.25, -0.2) is 0 Å². The van der Waals surface area contributed by atoms with Gasteiger partial charge < -0.3 is 5.11 Å². The zero-order chi connectivity index (χ0) is 9.19. The third-order valence-corrected chi connectivity index (χ3v) is 2.91. The number of hydrogen-bond donors (Lipinski definition) is 1. The summed E-state index contributed by atoms with van der Waals surface area (Å²) in [7, 11) is 0. The average molecular weight is 169 g/mol. The van der Waals surface area contributed by atoms with Gasteiger partial charge >= 0.3 is 0 Å². The lowest BCUT2D eigenvalue weighted by atomic mass is 9.83. The minimum Gasteiger partial charge on any atom is -0.396 e. The highest BCUT2D eigenvalue weighted by Gasteiger charge is 2.44. The molecule has 1 aliphatic rings. The van der Waals surface area contributed by atoms with Gasteiger partial charge in [-0.1, -0.05) is 18.2 Å². The molecule has 0 aromatic carbocycles. The quantitative estimate of drug-likeness (QED) is 0.518. The number of rotatable bonds is 3. The van der Waals surface area contributed by atoms with Crippen molar-refractivity contribution in [2.24, 2.45) is 11.1 Å². The first-order valence-electron chi connectivity index (χ1n) is 4.28. The van der Waals surface area contributed by atoms with E-state index in [4.69, 9.17) is 5.11 Å². The van der Waals surface area contributed by atoms with E-state index in [2.05, 4.69) is 11.8 Å². The van der Waals surface area contributed by atoms with E-state index < -0.39 is 5.54 Å². The number of aliphatic hydroxyl groups is 1. The van der Waals surface area contributed by atoms with Crippen LogP contribution in [-0.4, -0.2) is 17.3 Å². The minimum absolute atomic E-state index is 0.00694. The van der Waals surface area contributed by atoms with Gasteiger partial charge in [0.15, 0.2) is 0 Å². The summed E-state index contributed by atoms with van der Waals surface area (Å²) in [5.74, 6) is -0.00694. The van der Waals surface area contributed by atoms with Crippen molar-refractivity contribution in [2.75, 3.05) is 6.61 Å². The Morgan fingerprint density at radius 3 is 2.83 bits per heavy atom. The minimum atomic E-state index is -0.672. The molecule has 0 aliphatic heterocycles. The summed E-state index contributed by atoms with van der Waals surface area (Å²) >= 11 is 0. The van der Waals surface area contributed by atoms with Crippen molar-refractivity contribution >= 4 is 0 Å². The van der Waals surface area contributed by atoms with Gasteiger partial charge in [0.05, 0.1) is 0 Å². The van der Waals surface area contributed by atoms with Crippen LogP contribution >= 0.6 is 0 Å². The Morgan fingerprint density at radius 2 is 2.50 bits per heavy atom. The molecule has 1 rings (SSSR count). The van der Waals surface area contributed by atoms with Crippen molar-refractivity contribution < 1.29 is 5.11 Å². The summed E-state index contributed by atoms with van der Waals surface area (Å²) in [6.07, 6.45) is 2.59. The Balaban J connectivity index is 2.90. The molecule has 1 aliphatic carbocycles. The van der Waals surface area contributed by atoms with Crippen LogP contribution in [-0.2, 0) is 0 Å². The second-order valence-corrected chi connectivity index (χ2v) is 3.57. The van der Waals surface area contributed by atoms with Gasteiger partial charge in [-0.05, 0) is 25.3 Å². The second kappa shape index (κ2) is 3.35. The van der Waals surface area contributed by atoms with Crippen molar-refractivity contribution in [2.45, 2.75) is 31.7 Å². The molecule has 3 nitrogen and oxygen atoms in total. The lowest BCUT2D eigenvalue weighted by Gasteiger charge is -2.27. The van der Waals surface area contributed by atoms with E-state index >= 15 is 0 Å². The normalized spacial score (nSPS) is 35.0. The molecule has 0 radical (unpaired) electrons. The van der Waals surface area contributed by atoms with E-state index in [1.807, 2.05) is 6.92 Å². The standard InChI is InChI=1S/C9H15NO2/c1-7(2)9(10-12)5-3-4-8(9)6-11/h8,11H,1,3-6H2,2H3. The number of hydrogen-bond acceptors (Lipinski definition) is 3. The van der Waals surface area contributed by atoms with Crippen molar-refractivity contribution in [1.29, 1.82) is 0 Å². The summed E-state index contributed by atoms with van der Waals surface area (Å²) < 4.78 is 0. The van der Waals surface area contributed by atoms with E-state index in [1.165, 1.54) is 0 Å². The first-order chi connectivity index (χ1) is 5.67. The van der Waals surface area contributed by atoms with Crippen molar-refractivity contribution in [3.63, 3.8) is 0 Å². The van der Waals surface area contributed by atoms with E-state index in [1.54, 1.807) is 0 Å². The molecule has 0 saturated heterocycles. The van der Waals surface area contributed by atoms with Crippen molar-refractivity contribution in [1.82, 2.24) is 0 Å². The zero-order valence-corrected chi connectivity index (χ0v) is 7.42. The molecule has 0 bridgehead atoms. The fourth-order valence-electron chi connectivity index (χ4n) is 2.06. The van der Waals surface area contributed by atoms with Gasteiger partial charge in [0, 0.05) is 12.5 Å². The summed E-state index contributed by atoms with van der Waals surface area (Å²) in [6.45, 7) is 5.63. The summed E-state index contributed by atoms with van der Waals surface area (Å²) in [5, 5.41) is 12.2. The molecule has 2 unspecified atom stereocenters. The largest absolute Gasteiger partial charge is 0.396 e. The molecule has 2 atom stereocenters. The monoisotopic (exact) mass is 169 g/mol. The van der Waals surface area contributed by atoms with Crippen molar-refractivity contribution in [3.8, 4) is 0 Å². The maximum absolute atomic E-state index is 10.7. The molecule has 1 N–H and O–H groups in total. The maximum Gasteiger partial charge on any atom is 0.128 e. The molecular formula is C9H15NO2. The topological polar surface area (TPSA) is 49.7 Å². The van der Waals surface area contributed by atoms with Gasteiger partial charge in [-0.3, -0.25) is 0 Å². The first-order valence-corrected chi connectivity index (χ1v) is 4.28. The highest BCUT2D eigenvalue weighted by Crippen LogP contribution is 2.42. The Bertz CT molecular complexity index is 203. The van der Waals surface area contributed by atoms with E-state index in [0.717, 1.165) is 24.8 Å². The Labute approximate surface area is 72.5 Å². The first kappa shape index (κ1) is 9.39. The van der Waals surface area contributed by atoms with Crippen molar-refractivity contribution in [3.05, 3.63) is 17.1 Å². The molecule has 12 heavy (non-hydrogen) atoms. The SMILES string of the molecule is C=C(C)C1(N=O)CCCC1CO. The molecule has 0 amide bonds. The third kappa shape index (κ3) is 1.18. The molecule has 68 valence electrons. The van der Waals surface area contributed by atoms with Gasteiger partial charge in [0.25, 0.3) is 0 Å². The predicted molar refractivity (Wildman–Crippen MR) is 47.8 cm³/mol. The number of nitroso groups, excluding NO2 is 1. The second-order valence-electron chi connectivity index (χ2n) is 3.57. The van der Waals surface area contributed by atoms with Crippen LogP contribution in [0, 0.1) is 10.8 Å². The van der Waals surface area contributed by atoms with E-state index in [9.17, 15) is 4.91 Å². The van der Waals surface area contributed by atoms with E-state index in [0.29, 0.717) is 0 Å². The molecule has 0 aromatic heterocycles. The van der Waals surface area contributed by atoms with Gasteiger partial charge in [0.1, 0.15) is 5.54 Å². The van der Waals surface area contributed by atoms with Gasteiger partial charge in [0.2, 0.25) is 0 Å². The smallest absolute Gasteiger partial charge is 0.128 e. The van der Waals surface area contributed by atoms with Crippen LogP contribution in [0.25, 0.3) is 0 Å². The van der Waals surface area contributed by atoms with Crippen LogP contribution in [0.5, 0.6) is 0 Å². The summed E-state index contributed by atoms with van der Waals surface area (Å²) in [6, 6.07) is 0. The molecular weight excluding hydrogens is 154 g/mol. The zero-order valence-electron chi connectivity index (χ0n) is 7.42. The fraction of sp³-hybridized carbons (Fsp3) is 0.778. The fourth-order valence-corrected chi connectivity index (χ4v) is 2.06. The molecule has 3 heteroatoms. The summed E-state index contributed by atoms with van der Waals surface area (Å²) in [4.78, 5) is 10.7. The third-order valence-electron chi connectivity index (χ3n) is 2.91. The van der Waals surface area contributed by atoms with Gasteiger partial charge in [-0.2, -0.15) is 0 Å². The Hall–Kier alpha value is -0.700. The summed E-state index contributed by atoms with van der Waals surface area (Å²) in [5.41, 5.74) is 0.114. The molecule has 1 fully saturated rings. The maximum atomic E-state index is 10.7. The lowest BCUT2D eigenvalue weighted by Crippen LogP contribution is -2.33. The van der Waals surface area contributed by atoms with Crippen LogP contribution in [0.3, 0.4) is 0 Å². The van der Waals surface area contributed by atoms with Gasteiger partial charge in [-0.15, -0.1) is 4.91 Å². The Morgan fingerprint density at radius 1 is 1.83 bits per heavy atom. The van der Waals surface area contributed by atoms with E-state index in [-0.39, 0.29) is 12.5 Å². The molecule has 0 aromatic rings. The Kier molecular flexibility index (Phi) is 2.62. The van der Waals surface area contributed by atoms with Crippen LogP contribution in [0.2, 0.25) is 0 Å². The van der Waals surface area contributed by atoms with Crippen LogP contribution in [0.4, 0.5) is 0 Å². The average Bonchev–Trinajstić information content (AvgIpc) is 2.47.